The van der Waals surface area contributed by atoms with Crippen LogP contribution in [0.2, 0.25) is 0 Å². The Morgan fingerprint density at radius 2 is 2.39 bits per heavy atom. The predicted octanol–water partition coefficient (Wildman–Crippen LogP) is 0.601. The summed E-state index contributed by atoms with van der Waals surface area (Å²) in [6.45, 7) is 4.96. The fourth-order valence-corrected chi connectivity index (χ4v) is 2.71. The Bertz CT molecular complexity index is 675. The van der Waals surface area contributed by atoms with Crippen molar-refractivity contribution in [2.75, 3.05) is 26.7 Å². The van der Waals surface area contributed by atoms with Gasteiger partial charge in [0.15, 0.2) is 5.96 Å². The third-order valence-electron chi connectivity index (χ3n) is 4.05. The summed E-state index contributed by atoms with van der Waals surface area (Å²) >= 11 is 0. The van der Waals surface area contributed by atoms with Crippen LogP contribution < -0.4 is 5.32 Å². The molecular formula is C15H23N7O. The highest BCUT2D eigenvalue weighted by atomic mass is 16.5. The lowest BCUT2D eigenvalue weighted by molar-refractivity contribution is -0.00805. The highest BCUT2D eigenvalue weighted by Crippen LogP contribution is 2.21. The van der Waals surface area contributed by atoms with Gasteiger partial charge in [0.05, 0.1) is 25.5 Å². The quantitative estimate of drug-likeness (QED) is 0.640. The van der Waals surface area contributed by atoms with Gasteiger partial charge < -0.3 is 15.0 Å². The minimum atomic E-state index is 0.0201. The molecule has 2 aromatic rings. The molecule has 2 N–H and O–H groups in total. The summed E-state index contributed by atoms with van der Waals surface area (Å²) < 4.78 is 7.68. The molecule has 1 aliphatic heterocycles. The number of nitrogens with zero attached hydrogens (tertiary/aromatic N) is 5. The minimum Gasteiger partial charge on any atom is -0.370 e. The van der Waals surface area contributed by atoms with Crippen LogP contribution in [0.4, 0.5) is 0 Å². The summed E-state index contributed by atoms with van der Waals surface area (Å²) in [4.78, 5) is 6.62. The Kier molecular flexibility index (Phi) is 4.61. The lowest BCUT2D eigenvalue weighted by Gasteiger charge is -2.34. The Labute approximate surface area is 135 Å². The molecule has 23 heavy (non-hydrogen) atoms. The van der Waals surface area contributed by atoms with Crippen LogP contribution in [0.25, 0.3) is 0 Å². The fourth-order valence-electron chi connectivity index (χ4n) is 2.71. The molecule has 124 valence electrons. The number of morpholine rings is 1. The first-order valence-corrected chi connectivity index (χ1v) is 7.72. The molecule has 1 saturated heterocycles. The molecule has 0 aromatic carbocycles. The standard InChI is InChI=1S/C15H23N7O/c1-11-12(7-18-20-11)6-17-15(16-2)22-4-5-23-14(10-22)13-8-19-21(3)9-13/h7-9,14H,4-6,10H2,1-3H3,(H,16,17)(H,18,20). The number of H-pyrrole nitrogens is 1. The van der Waals surface area contributed by atoms with Crippen molar-refractivity contribution in [3.63, 3.8) is 0 Å². The summed E-state index contributed by atoms with van der Waals surface area (Å²) in [5.41, 5.74) is 3.31. The second kappa shape index (κ2) is 6.82. The number of aromatic amines is 1. The van der Waals surface area contributed by atoms with Gasteiger partial charge in [-0.05, 0) is 6.92 Å². The fraction of sp³-hybridized carbons (Fsp3) is 0.533. The molecule has 1 atom stereocenters. The number of nitrogens with one attached hydrogen (secondary N) is 2. The monoisotopic (exact) mass is 317 g/mol. The third kappa shape index (κ3) is 3.53. The van der Waals surface area contributed by atoms with Crippen LogP contribution in [0.1, 0.15) is 22.9 Å². The van der Waals surface area contributed by atoms with Crippen molar-refractivity contribution < 1.29 is 4.74 Å². The minimum absolute atomic E-state index is 0.0201. The molecule has 0 bridgehead atoms. The Morgan fingerprint density at radius 1 is 1.52 bits per heavy atom. The summed E-state index contributed by atoms with van der Waals surface area (Å²) in [5, 5.41) is 14.6. The van der Waals surface area contributed by atoms with Crippen molar-refractivity contribution in [2.45, 2.75) is 19.6 Å². The van der Waals surface area contributed by atoms with Crippen molar-refractivity contribution in [2.24, 2.45) is 12.0 Å². The van der Waals surface area contributed by atoms with Gasteiger partial charge >= 0.3 is 0 Å². The van der Waals surface area contributed by atoms with E-state index in [1.165, 1.54) is 0 Å². The van der Waals surface area contributed by atoms with E-state index in [1.807, 2.05) is 32.6 Å². The zero-order valence-electron chi connectivity index (χ0n) is 13.8. The number of guanidine groups is 1. The van der Waals surface area contributed by atoms with Gasteiger partial charge in [0.25, 0.3) is 0 Å². The number of aryl methyl sites for hydroxylation is 2. The smallest absolute Gasteiger partial charge is 0.194 e. The zero-order valence-corrected chi connectivity index (χ0v) is 13.8. The molecule has 1 fully saturated rings. The first-order valence-electron chi connectivity index (χ1n) is 7.72. The lowest BCUT2D eigenvalue weighted by atomic mass is 10.1. The summed E-state index contributed by atoms with van der Waals surface area (Å²) in [6, 6.07) is 0. The maximum absolute atomic E-state index is 5.88. The second-order valence-electron chi connectivity index (χ2n) is 5.67. The second-order valence-corrected chi connectivity index (χ2v) is 5.67. The molecule has 0 spiro atoms. The van der Waals surface area contributed by atoms with E-state index < -0.39 is 0 Å². The van der Waals surface area contributed by atoms with Crippen LogP contribution in [-0.4, -0.2) is 57.6 Å². The topological polar surface area (TPSA) is 83.4 Å². The van der Waals surface area contributed by atoms with Crippen LogP contribution in [0.15, 0.2) is 23.6 Å². The number of hydrogen-bond donors (Lipinski definition) is 2. The molecule has 0 aliphatic carbocycles. The summed E-state index contributed by atoms with van der Waals surface area (Å²) in [7, 11) is 3.72. The maximum atomic E-state index is 5.88. The molecule has 0 amide bonds. The molecule has 0 radical (unpaired) electrons. The maximum Gasteiger partial charge on any atom is 0.194 e. The van der Waals surface area contributed by atoms with E-state index in [4.69, 9.17) is 4.74 Å². The number of rotatable bonds is 3. The van der Waals surface area contributed by atoms with E-state index in [0.717, 1.165) is 35.9 Å². The summed E-state index contributed by atoms with van der Waals surface area (Å²) in [5.74, 6) is 0.878. The van der Waals surface area contributed by atoms with E-state index >= 15 is 0 Å². The number of aliphatic imine (C=N–C) groups is 1. The van der Waals surface area contributed by atoms with Crippen molar-refractivity contribution in [3.8, 4) is 0 Å². The average Bonchev–Trinajstić information content (AvgIpc) is 3.17. The third-order valence-corrected chi connectivity index (χ3v) is 4.05. The molecule has 8 nitrogen and oxygen atoms in total. The van der Waals surface area contributed by atoms with Gasteiger partial charge in [-0.2, -0.15) is 10.2 Å². The molecule has 1 unspecified atom stereocenters. The normalized spacial score (nSPS) is 19.2. The van der Waals surface area contributed by atoms with Gasteiger partial charge in [-0.3, -0.25) is 14.8 Å². The van der Waals surface area contributed by atoms with Gasteiger partial charge in [0, 0.05) is 50.2 Å². The van der Waals surface area contributed by atoms with E-state index in [0.29, 0.717) is 13.2 Å². The Balaban J connectivity index is 1.63. The molecule has 1 aliphatic rings. The van der Waals surface area contributed by atoms with Gasteiger partial charge in [0.1, 0.15) is 6.10 Å². The van der Waals surface area contributed by atoms with Crippen LogP contribution >= 0.6 is 0 Å². The highest BCUT2D eigenvalue weighted by Gasteiger charge is 2.25. The Hall–Kier alpha value is -2.35. The molecule has 8 heteroatoms. The number of ether oxygens (including phenoxy) is 1. The Morgan fingerprint density at radius 3 is 3.04 bits per heavy atom. The highest BCUT2D eigenvalue weighted by molar-refractivity contribution is 5.80. The molecule has 2 aromatic heterocycles. The number of aromatic nitrogens is 4. The molecule has 3 rings (SSSR count). The average molecular weight is 317 g/mol. The molecule has 3 heterocycles. The van der Waals surface area contributed by atoms with Crippen molar-refractivity contribution in [3.05, 3.63) is 35.4 Å². The predicted molar refractivity (Wildman–Crippen MR) is 87.0 cm³/mol. The van der Waals surface area contributed by atoms with E-state index in [9.17, 15) is 0 Å². The van der Waals surface area contributed by atoms with E-state index in [2.05, 4.69) is 30.5 Å². The lowest BCUT2D eigenvalue weighted by Crippen LogP contribution is -2.47. The van der Waals surface area contributed by atoms with Crippen molar-refractivity contribution in [1.82, 2.24) is 30.2 Å². The van der Waals surface area contributed by atoms with Gasteiger partial charge in [-0.1, -0.05) is 0 Å². The van der Waals surface area contributed by atoms with Gasteiger partial charge in [-0.25, -0.2) is 0 Å². The van der Waals surface area contributed by atoms with E-state index in [-0.39, 0.29) is 6.10 Å². The van der Waals surface area contributed by atoms with Crippen molar-refractivity contribution >= 4 is 5.96 Å². The largest absolute Gasteiger partial charge is 0.370 e. The van der Waals surface area contributed by atoms with Crippen LogP contribution in [-0.2, 0) is 18.3 Å². The SMILES string of the molecule is CN=C(NCc1cn[nH]c1C)N1CCOC(c2cnn(C)c2)C1. The molecular weight excluding hydrogens is 294 g/mol. The zero-order chi connectivity index (χ0) is 16.2. The first-order chi connectivity index (χ1) is 11.2. The first kappa shape index (κ1) is 15.5. The van der Waals surface area contributed by atoms with Gasteiger partial charge in [-0.15, -0.1) is 0 Å². The molecule has 0 saturated carbocycles. The van der Waals surface area contributed by atoms with Crippen LogP contribution in [0, 0.1) is 6.92 Å². The van der Waals surface area contributed by atoms with Crippen LogP contribution in [0.3, 0.4) is 0 Å². The van der Waals surface area contributed by atoms with Gasteiger partial charge in [0.2, 0.25) is 0 Å². The summed E-state index contributed by atoms with van der Waals surface area (Å²) in [6.07, 6.45) is 5.72. The van der Waals surface area contributed by atoms with Crippen molar-refractivity contribution in [1.29, 1.82) is 0 Å². The van der Waals surface area contributed by atoms with E-state index in [1.54, 1.807) is 11.7 Å². The number of hydrogen-bond acceptors (Lipinski definition) is 4. The van der Waals surface area contributed by atoms with Crippen LogP contribution in [0.5, 0.6) is 0 Å².